The predicted octanol–water partition coefficient (Wildman–Crippen LogP) is 4.72. The quantitative estimate of drug-likeness (QED) is 0.502. The Morgan fingerprint density at radius 3 is 2.58 bits per heavy atom. The number of rotatable bonds is 4. The molecule has 0 saturated heterocycles. The van der Waals surface area contributed by atoms with Crippen LogP contribution in [0.1, 0.15) is 40.9 Å². The molecule has 1 atom stereocenters. The van der Waals surface area contributed by atoms with Gasteiger partial charge in [-0.25, -0.2) is 9.48 Å². The molecule has 2 aromatic carbocycles. The van der Waals surface area contributed by atoms with E-state index in [0.717, 1.165) is 53.2 Å². The van der Waals surface area contributed by atoms with Crippen LogP contribution in [0, 0.1) is 12.3 Å². The Labute approximate surface area is 212 Å². The van der Waals surface area contributed by atoms with Crippen molar-refractivity contribution in [3.05, 3.63) is 83.2 Å². The van der Waals surface area contributed by atoms with Gasteiger partial charge in [0.1, 0.15) is 0 Å². The molecule has 1 spiro atoms. The van der Waals surface area contributed by atoms with Crippen LogP contribution < -0.4 is 9.80 Å². The zero-order chi connectivity index (χ0) is 25.4. The fourth-order valence-corrected chi connectivity index (χ4v) is 5.50. The van der Waals surface area contributed by atoms with Crippen LogP contribution in [0.4, 0.5) is 11.4 Å². The predicted molar refractivity (Wildman–Crippen MR) is 141 cm³/mol. The second-order valence-corrected chi connectivity index (χ2v) is 10.0. The Hall–Kier alpha value is -3.87. The van der Waals surface area contributed by atoms with E-state index >= 15 is 0 Å². The number of benzene rings is 2. The van der Waals surface area contributed by atoms with Crippen LogP contribution in [0.25, 0.3) is 5.69 Å². The Bertz CT molecular complexity index is 1360. The highest BCUT2D eigenvalue weighted by molar-refractivity contribution is 6.07. The molecule has 5 rings (SSSR count). The maximum Gasteiger partial charge on any atom is 0.333 e. The fourth-order valence-electron chi connectivity index (χ4n) is 5.50. The number of hydrogen-bond acceptors (Lipinski definition) is 5. The zero-order valence-corrected chi connectivity index (χ0v) is 21.3. The molecule has 0 saturated carbocycles. The Kier molecular flexibility index (Phi) is 6.16. The van der Waals surface area contributed by atoms with E-state index in [2.05, 4.69) is 17.2 Å². The number of fused-ring (bicyclic) bond motifs is 1. The molecule has 7 nitrogen and oxygen atoms in total. The fraction of sp³-hybridized carbons (Fsp3) is 0.345. The first-order chi connectivity index (χ1) is 17.3. The number of methoxy groups -OCH3 is 1. The summed E-state index contributed by atoms with van der Waals surface area (Å²) in [5, 5.41) is 4.55. The first-order valence-corrected chi connectivity index (χ1v) is 12.3. The zero-order valence-electron chi connectivity index (χ0n) is 21.3. The lowest BCUT2D eigenvalue weighted by atomic mass is 9.79. The number of nitrogens with zero attached hydrogens (tertiary/aromatic N) is 4. The Morgan fingerprint density at radius 2 is 1.86 bits per heavy atom. The van der Waals surface area contributed by atoms with Gasteiger partial charge in [0.05, 0.1) is 24.2 Å². The summed E-state index contributed by atoms with van der Waals surface area (Å²) in [7, 11) is 5.37. The van der Waals surface area contributed by atoms with Crippen LogP contribution in [0.5, 0.6) is 0 Å². The van der Waals surface area contributed by atoms with Gasteiger partial charge in [0.2, 0.25) is 0 Å². The lowest BCUT2D eigenvalue weighted by Crippen LogP contribution is -2.33. The molecule has 2 heterocycles. The van der Waals surface area contributed by atoms with E-state index in [-0.39, 0.29) is 17.3 Å². The normalized spacial score (nSPS) is 19.0. The van der Waals surface area contributed by atoms with Gasteiger partial charge in [0, 0.05) is 43.7 Å². The van der Waals surface area contributed by atoms with Crippen LogP contribution in [0.15, 0.2) is 66.4 Å². The van der Waals surface area contributed by atoms with Gasteiger partial charge in [-0.2, -0.15) is 5.10 Å². The number of esters is 1. The number of aryl methyl sites for hydroxylation is 1. The molecule has 7 heteroatoms. The molecule has 0 bridgehead atoms. The highest BCUT2D eigenvalue weighted by atomic mass is 16.5. The van der Waals surface area contributed by atoms with Crippen molar-refractivity contribution >= 4 is 23.3 Å². The van der Waals surface area contributed by atoms with Gasteiger partial charge in [-0.15, -0.1) is 0 Å². The van der Waals surface area contributed by atoms with E-state index in [1.54, 1.807) is 0 Å². The molecule has 186 valence electrons. The van der Waals surface area contributed by atoms with E-state index < -0.39 is 0 Å². The van der Waals surface area contributed by atoms with Gasteiger partial charge >= 0.3 is 5.97 Å². The van der Waals surface area contributed by atoms with Crippen molar-refractivity contribution < 1.29 is 14.3 Å². The van der Waals surface area contributed by atoms with Crippen molar-refractivity contribution in [3.63, 3.8) is 0 Å². The Balaban J connectivity index is 1.50. The van der Waals surface area contributed by atoms with Crippen molar-refractivity contribution in [1.29, 1.82) is 0 Å². The standard InChI is InChI=1S/C29H32N4O3/c1-20-12-15-33(30-20)25-10-9-21(17-26(25)31(2)3)27(34)32-16-14-29(13-11-23(19-29)28(35)36-4)18-22-7-5-6-8-24(22)32/h5-10,12,15,17,19H,11,13-14,16,18H2,1-4H3. The monoisotopic (exact) mass is 484 g/mol. The highest BCUT2D eigenvalue weighted by Crippen LogP contribution is 2.46. The summed E-state index contributed by atoms with van der Waals surface area (Å²) < 4.78 is 6.82. The smallest absolute Gasteiger partial charge is 0.333 e. The summed E-state index contributed by atoms with van der Waals surface area (Å²) in [4.78, 5) is 30.1. The number of amides is 1. The van der Waals surface area contributed by atoms with Crippen LogP contribution in [0.2, 0.25) is 0 Å². The third-order valence-electron chi connectivity index (χ3n) is 7.40. The molecule has 1 amide bonds. The summed E-state index contributed by atoms with van der Waals surface area (Å²) in [6.07, 6.45) is 7.23. The molecule has 0 radical (unpaired) electrons. The van der Waals surface area contributed by atoms with E-state index in [0.29, 0.717) is 18.5 Å². The van der Waals surface area contributed by atoms with E-state index in [1.165, 1.54) is 7.11 Å². The van der Waals surface area contributed by atoms with Gasteiger partial charge in [-0.05, 0) is 73.9 Å². The van der Waals surface area contributed by atoms with Gasteiger partial charge in [0.25, 0.3) is 5.91 Å². The van der Waals surface area contributed by atoms with Crippen molar-refractivity contribution in [1.82, 2.24) is 9.78 Å². The summed E-state index contributed by atoms with van der Waals surface area (Å²) in [5.41, 5.74) is 6.08. The lowest BCUT2D eigenvalue weighted by Gasteiger charge is -2.26. The summed E-state index contributed by atoms with van der Waals surface area (Å²) in [6, 6.07) is 15.9. The molecule has 3 aromatic rings. The number of anilines is 2. The van der Waals surface area contributed by atoms with Gasteiger partial charge in [-0.1, -0.05) is 24.3 Å². The number of carbonyl (C=O) groups is 2. The van der Waals surface area contributed by atoms with Crippen LogP contribution in [-0.2, 0) is 16.0 Å². The van der Waals surface area contributed by atoms with E-state index in [9.17, 15) is 9.59 Å². The summed E-state index contributed by atoms with van der Waals surface area (Å²) in [5.74, 6) is -0.276. The van der Waals surface area contributed by atoms with Crippen LogP contribution in [0.3, 0.4) is 0 Å². The average molecular weight is 485 g/mol. The minimum atomic E-state index is -0.249. The minimum absolute atomic E-state index is 0.0269. The summed E-state index contributed by atoms with van der Waals surface area (Å²) in [6.45, 7) is 2.54. The molecule has 0 fully saturated rings. The number of carbonyl (C=O) groups excluding carboxylic acids is 2. The largest absolute Gasteiger partial charge is 0.466 e. The minimum Gasteiger partial charge on any atom is -0.466 e. The highest BCUT2D eigenvalue weighted by Gasteiger charge is 2.39. The number of para-hydroxylation sites is 1. The van der Waals surface area contributed by atoms with Crippen molar-refractivity contribution in [2.75, 3.05) is 37.5 Å². The number of ether oxygens (including phenoxy) is 1. The molecule has 1 aliphatic carbocycles. The van der Waals surface area contributed by atoms with Crippen LogP contribution in [-0.4, -0.2) is 49.4 Å². The lowest BCUT2D eigenvalue weighted by molar-refractivity contribution is -0.136. The average Bonchev–Trinajstić information content (AvgIpc) is 3.46. The third kappa shape index (κ3) is 4.30. The number of allylic oxidation sites excluding steroid dienone is 1. The molecule has 1 aliphatic heterocycles. The van der Waals surface area contributed by atoms with Crippen molar-refractivity contribution in [2.24, 2.45) is 5.41 Å². The first-order valence-electron chi connectivity index (χ1n) is 12.3. The SMILES string of the molecule is COC(=O)C1=CC2(CC1)CCN(C(=O)c1ccc(-n3ccc(C)n3)c(N(C)C)c1)c1ccccc1C2. The second kappa shape index (κ2) is 9.30. The topological polar surface area (TPSA) is 67.7 Å². The third-order valence-corrected chi connectivity index (χ3v) is 7.40. The Morgan fingerprint density at radius 1 is 1.06 bits per heavy atom. The molecule has 36 heavy (non-hydrogen) atoms. The van der Waals surface area contributed by atoms with E-state index in [4.69, 9.17) is 4.74 Å². The molecule has 1 unspecified atom stereocenters. The van der Waals surface area contributed by atoms with Crippen LogP contribution >= 0.6 is 0 Å². The molecule has 2 aliphatic rings. The van der Waals surface area contributed by atoms with Gasteiger partial charge in [0.15, 0.2) is 0 Å². The second-order valence-electron chi connectivity index (χ2n) is 10.0. The number of hydrogen-bond donors (Lipinski definition) is 0. The maximum atomic E-state index is 14.0. The molecular weight excluding hydrogens is 452 g/mol. The summed E-state index contributed by atoms with van der Waals surface area (Å²) >= 11 is 0. The van der Waals surface area contributed by atoms with Gasteiger partial charge < -0.3 is 14.5 Å². The molecule has 0 N–H and O–H groups in total. The van der Waals surface area contributed by atoms with Gasteiger partial charge in [-0.3, -0.25) is 4.79 Å². The van der Waals surface area contributed by atoms with Crippen molar-refractivity contribution in [2.45, 2.75) is 32.6 Å². The first kappa shape index (κ1) is 23.9. The van der Waals surface area contributed by atoms with E-state index in [1.807, 2.05) is 84.2 Å². The maximum absolute atomic E-state index is 14.0. The molecule has 1 aromatic heterocycles. The number of aromatic nitrogens is 2. The molecular formula is C29H32N4O3. The van der Waals surface area contributed by atoms with Crippen molar-refractivity contribution in [3.8, 4) is 5.69 Å².